The number of rotatable bonds is 5. The standard InChI is InChI=1S/C24H30N2O/c1-3-26(4-2)24-15-20(18-11-7-5-8-12-18)22(23(27)25-17-24)21(16-24)19-13-9-6-10-14-19/h5-14,20-22H,3-4,15-17H2,1-2H3,(H,25,27). The molecule has 2 aromatic rings. The third kappa shape index (κ3) is 3.19. The first-order valence-corrected chi connectivity index (χ1v) is 10.3. The van der Waals surface area contributed by atoms with Crippen LogP contribution in [0.15, 0.2) is 60.7 Å². The van der Waals surface area contributed by atoms with Gasteiger partial charge in [-0.1, -0.05) is 74.5 Å². The van der Waals surface area contributed by atoms with E-state index in [9.17, 15) is 4.79 Å². The summed E-state index contributed by atoms with van der Waals surface area (Å²) in [5, 5.41) is 3.32. The molecular weight excluding hydrogens is 332 g/mol. The maximum absolute atomic E-state index is 13.3. The Bertz CT molecular complexity index is 720. The first-order valence-electron chi connectivity index (χ1n) is 10.3. The fraction of sp³-hybridized carbons (Fsp3) is 0.458. The van der Waals surface area contributed by atoms with Crippen LogP contribution in [0.1, 0.15) is 49.7 Å². The van der Waals surface area contributed by atoms with E-state index in [4.69, 9.17) is 0 Å². The van der Waals surface area contributed by atoms with Crippen molar-refractivity contribution >= 4 is 5.91 Å². The molecule has 1 aliphatic carbocycles. The quantitative estimate of drug-likeness (QED) is 0.866. The second-order valence-corrected chi connectivity index (χ2v) is 8.08. The van der Waals surface area contributed by atoms with E-state index in [0.717, 1.165) is 32.5 Å². The molecule has 1 saturated carbocycles. The van der Waals surface area contributed by atoms with Gasteiger partial charge < -0.3 is 5.32 Å². The Kier molecular flexibility index (Phi) is 5.05. The highest BCUT2D eigenvalue weighted by molar-refractivity contribution is 5.82. The van der Waals surface area contributed by atoms with Crippen molar-refractivity contribution in [2.45, 2.75) is 44.1 Å². The molecule has 2 unspecified atom stereocenters. The van der Waals surface area contributed by atoms with Gasteiger partial charge in [-0.15, -0.1) is 0 Å². The van der Waals surface area contributed by atoms with E-state index in [-0.39, 0.29) is 29.2 Å². The molecule has 2 aromatic carbocycles. The van der Waals surface area contributed by atoms with Crippen LogP contribution in [0.2, 0.25) is 0 Å². The average Bonchev–Trinajstić information content (AvgIpc) is 2.96. The molecule has 3 heteroatoms. The van der Waals surface area contributed by atoms with Crippen molar-refractivity contribution in [3.8, 4) is 0 Å². The zero-order valence-corrected chi connectivity index (χ0v) is 16.4. The normalized spacial score (nSPS) is 30.2. The van der Waals surface area contributed by atoms with Gasteiger partial charge in [0.1, 0.15) is 0 Å². The lowest BCUT2D eigenvalue weighted by Crippen LogP contribution is -2.56. The molecule has 2 atom stereocenters. The van der Waals surface area contributed by atoms with E-state index >= 15 is 0 Å². The van der Waals surface area contributed by atoms with E-state index < -0.39 is 0 Å². The summed E-state index contributed by atoms with van der Waals surface area (Å²) < 4.78 is 0. The Morgan fingerprint density at radius 2 is 1.37 bits per heavy atom. The van der Waals surface area contributed by atoms with E-state index in [1.165, 1.54) is 11.1 Å². The molecule has 142 valence electrons. The number of hydrogen-bond donors (Lipinski definition) is 1. The Morgan fingerprint density at radius 3 is 1.81 bits per heavy atom. The molecule has 0 spiro atoms. The molecular formula is C24H30N2O. The smallest absolute Gasteiger partial charge is 0.224 e. The Morgan fingerprint density at radius 1 is 0.889 bits per heavy atom. The molecule has 1 N–H and O–H groups in total. The van der Waals surface area contributed by atoms with Gasteiger partial charge in [-0.05, 0) is 48.9 Å². The minimum atomic E-state index is 0.000914. The van der Waals surface area contributed by atoms with Crippen molar-refractivity contribution in [3.63, 3.8) is 0 Å². The van der Waals surface area contributed by atoms with Crippen molar-refractivity contribution in [2.24, 2.45) is 5.92 Å². The lowest BCUT2D eigenvalue weighted by atomic mass is 9.61. The van der Waals surface area contributed by atoms with Crippen LogP contribution in [0.3, 0.4) is 0 Å². The van der Waals surface area contributed by atoms with Gasteiger partial charge in [-0.3, -0.25) is 9.69 Å². The van der Waals surface area contributed by atoms with Crippen LogP contribution in [0, 0.1) is 5.92 Å². The topological polar surface area (TPSA) is 32.3 Å². The molecule has 2 bridgehead atoms. The van der Waals surface area contributed by atoms with Gasteiger partial charge in [-0.25, -0.2) is 0 Å². The molecule has 27 heavy (non-hydrogen) atoms. The molecule has 0 radical (unpaired) electrons. The lowest BCUT2D eigenvalue weighted by Gasteiger charge is -2.50. The molecule has 3 fully saturated rings. The number of carbonyl (C=O) groups is 1. The fourth-order valence-electron chi connectivity index (χ4n) is 5.63. The third-order valence-corrected chi connectivity index (χ3v) is 6.85. The highest BCUT2D eigenvalue weighted by atomic mass is 16.2. The summed E-state index contributed by atoms with van der Waals surface area (Å²) in [5.74, 6) is 0.742. The summed E-state index contributed by atoms with van der Waals surface area (Å²) in [6, 6.07) is 21.4. The SMILES string of the molecule is CCN(CC)C12CNC(=O)C(C(c3ccccc3)C1)C(c1ccccc1)C2. The Balaban J connectivity index is 1.85. The van der Waals surface area contributed by atoms with E-state index in [0.29, 0.717) is 0 Å². The summed E-state index contributed by atoms with van der Waals surface area (Å²) in [6.07, 6.45) is 2.09. The average molecular weight is 363 g/mol. The number of nitrogens with zero attached hydrogens (tertiary/aromatic N) is 1. The first kappa shape index (κ1) is 18.2. The minimum absolute atomic E-state index is 0.000914. The maximum Gasteiger partial charge on any atom is 0.224 e. The van der Waals surface area contributed by atoms with Crippen molar-refractivity contribution in [1.82, 2.24) is 10.2 Å². The summed E-state index contributed by atoms with van der Waals surface area (Å²) in [7, 11) is 0. The number of nitrogens with one attached hydrogen (secondary N) is 1. The van der Waals surface area contributed by atoms with Crippen molar-refractivity contribution < 1.29 is 4.79 Å². The van der Waals surface area contributed by atoms with Gasteiger partial charge in [0.15, 0.2) is 0 Å². The summed E-state index contributed by atoms with van der Waals surface area (Å²) in [5.41, 5.74) is 2.63. The van der Waals surface area contributed by atoms with Crippen LogP contribution < -0.4 is 5.32 Å². The van der Waals surface area contributed by atoms with Crippen LogP contribution in [0.5, 0.6) is 0 Å². The fourth-order valence-corrected chi connectivity index (χ4v) is 5.63. The van der Waals surface area contributed by atoms with Gasteiger partial charge in [0.2, 0.25) is 5.91 Å². The predicted molar refractivity (Wildman–Crippen MR) is 110 cm³/mol. The van der Waals surface area contributed by atoms with Crippen LogP contribution >= 0.6 is 0 Å². The van der Waals surface area contributed by atoms with Crippen LogP contribution in [0.4, 0.5) is 0 Å². The minimum Gasteiger partial charge on any atom is -0.354 e. The molecule has 2 heterocycles. The number of likely N-dealkylation sites (N-methyl/N-ethyl adjacent to an activating group) is 1. The number of fused-ring (bicyclic) bond motifs is 4. The maximum atomic E-state index is 13.3. The largest absolute Gasteiger partial charge is 0.354 e. The van der Waals surface area contributed by atoms with Gasteiger partial charge in [0, 0.05) is 12.1 Å². The van der Waals surface area contributed by atoms with Crippen molar-refractivity contribution in [3.05, 3.63) is 71.8 Å². The van der Waals surface area contributed by atoms with Gasteiger partial charge in [0.25, 0.3) is 0 Å². The zero-order chi connectivity index (χ0) is 18.9. The van der Waals surface area contributed by atoms with E-state index in [1.807, 2.05) is 0 Å². The molecule has 3 aliphatic rings. The molecule has 3 nitrogen and oxygen atoms in total. The van der Waals surface area contributed by atoms with Crippen LogP contribution in [-0.2, 0) is 4.79 Å². The zero-order valence-electron chi connectivity index (χ0n) is 16.4. The first-order chi connectivity index (χ1) is 13.2. The lowest BCUT2D eigenvalue weighted by molar-refractivity contribution is -0.125. The Hall–Kier alpha value is -2.13. The highest BCUT2D eigenvalue weighted by Crippen LogP contribution is 2.53. The highest BCUT2D eigenvalue weighted by Gasteiger charge is 2.54. The monoisotopic (exact) mass is 362 g/mol. The number of benzene rings is 2. The molecule has 2 saturated heterocycles. The van der Waals surface area contributed by atoms with Crippen LogP contribution in [-0.4, -0.2) is 36.0 Å². The Labute approximate surface area is 162 Å². The molecule has 1 amide bonds. The van der Waals surface area contributed by atoms with E-state index in [2.05, 4.69) is 84.7 Å². The second-order valence-electron chi connectivity index (χ2n) is 8.08. The molecule has 2 aliphatic heterocycles. The number of amides is 1. The van der Waals surface area contributed by atoms with Crippen molar-refractivity contribution in [1.29, 1.82) is 0 Å². The third-order valence-electron chi connectivity index (χ3n) is 6.85. The van der Waals surface area contributed by atoms with Gasteiger partial charge >= 0.3 is 0 Å². The summed E-state index contributed by atoms with van der Waals surface area (Å²) >= 11 is 0. The molecule has 5 rings (SSSR count). The van der Waals surface area contributed by atoms with Gasteiger partial charge in [0.05, 0.1) is 5.92 Å². The van der Waals surface area contributed by atoms with Gasteiger partial charge in [-0.2, -0.15) is 0 Å². The number of carbonyl (C=O) groups excluding carboxylic acids is 1. The summed E-state index contributed by atoms with van der Waals surface area (Å²) in [4.78, 5) is 15.8. The summed E-state index contributed by atoms with van der Waals surface area (Å²) in [6.45, 7) is 7.27. The van der Waals surface area contributed by atoms with E-state index in [1.54, 1.807) is 0 Å². The predicted octanol–water partition coefficient (Wildman–Crippen LogP) is 4.17. The molecule has 0 aromatic heterocycles. The second kappa shape index (κ2) is 7.47. The van der Waals surface area contributed by atoms with Crippen LogP contribution in [0.25, 0.3) is 0 Å². The van der Waals surface area contributed by atoms with Crippen molar-refractivity contribution in [2.75, 3.05) is 19.6 Å². The number of hydrogen-bond acceptors (Lipinski definition) is 2.